The monoisotopic (exact) mass is 340 g/mol. The van der Waals surface area contributed by atoms with Gasteiger partial charge in [-0.2, -0.15) is 0 Å². The summed E-state index contributed by atoms with van der Waals surface area (Å²) in [5.74, 6) is 0.698. The number of fused-ring (bicyclic) bond motifs is 3. The Hall–Kier alpha value is -2.08. The van der Waals surface area contributed by atoms with Crippen molar-refractivity contribution in [1.29, 1.82) is 0 Å². The number of aromatic nitrogens is 4. The van der Waals surface area contributed by atoms with Crippen molar-refractivity contribution in [3.05, 3.63) is 51.4 Å². The molecule has 6 heteroatoms. The molecular weight excluding hydrogens is 320 g/mol. The van der Waals surface area contributed by atoms with Crippen molar-refractivity contribution in [3.8, 4) is 0 Å². The molecule has 4 rings (SSSR count). The van der Waals surface area contributed by atoms with Crippen LogP contribution in [0.3, 0.4) is 0 Å². The van der Waals surface area contributed by atoms with E-state index < -0.39 is 0 Å². The van der Waals surface area contributed by atoms with E-state index in [-0.39, 0.29) is 11.6 Å². The summed E-state index contributed by atoms with van der Waals surface area (Å²) in [7, 11) is 0. The zero-order chi connectivity index (χ0) is 16.7. The molecule has 1 aliphatic carbocycles. The van der Waals surface area contributed by atoms with Crippen molar-refractivity contribution in [1.82, 2.24) is 19.5 Å². The third kappa shape index (κ3) is 2.65. The summed E-state index contributed by atoms with van der Waals surface area (Å²) in [5, 5.41) is 0.843. The molecule has 3 heterocycles. The molecule has 0 saturated carbocycles. The van der Waals surface area contributed by atoms with Crippen LogP contribution in [0.25, 0.3) is 10.2 Å². The molecule has 0 aromatic carbocycles. The maximum atomic E-state index is 13.1. The number of aryl methyl sites for hydroxylation is 1. The maximum absolute atomic E-state index is 13.1. The lowest BCUT2D eigenvalue weighted by atomic mass is 9.89. The molecule has 0 unspecified atom stereocenters. The van der Waals surface area contributed by atoms with Crippen LogP contribution < -0.4 is 5.56 Å². The summed E-state index contributed by atoms with van der Waals surface area (Å²) in [4.78, 5) is 28.3. The van der Waals surface area contributed by atoms with Crippen molar-refractivity contribution in [3.63, 3.8) is 0 Å². The smallest absolute Gasteiger partial charge is 0.262 e. The van der Waals surface area contributed by atoms with E-state index in [4.69, 9.17) is 0 Å². The molecule has 0 bridgehead atoms. The minimum atomic E-state index is 0.00386. The minimum Gasteiger partial charge on any atom is -0.295 e. The van der Waals surface area contributed by atoms with Crippen LogP contribution in [0.15, 0.2) is 29.7 Å². The second kappa shape index (κ2) is 6.09. The van der Waals surface area contributed by atoms with E-state index >= 15 is 0 Å². The van der Waals surface area contributed by atoms with Crippen molar-refractivity contribution in [2.24, 2.45) is 5.92 Å². The van der Waals surface area contributed by atoms with E-state index in [0.29, 0.717) is 12.3 Å². The first-order chi connectivity index (χ1) is 11.6. The van der Waals surface area contributed by atoms with Crippen LogP contribution in [0.1, 0.15) is 42.4 Å². The molecule has 5 nitrogen and oxygen atoms in total. The Kier molecular flexibility index (Phi) is 3.92. The van der Waals surface area contributed by atoms with Gasteiger partial charge in [0.05, 0.1) is 17.4 Å². The maximum Gasteiger partial charge on any atom is 0.262 e. The summed E-state index contributed by atoms with van der Waals surface area (Å²) in [6.07, 6.45) is 10.7. The standard InChI is InChI=1S/C18H20N4OS/c1-11-3-4-14-15(7-11)24-17-16(14)18(23)22(10-21-17)12(2)8-13-9-19-5-6-20-13/h5-6,9-12H,3-4,7-8H2,1-2H3/t11-,12+/m1/s1. The van der Waals surface area contributed by atoms with E-state index in [1.54, 1.807) is 40.8 Å². The van der Waals surface area contributed by atoms with Gasteiger partial charge < -0.3 is 0 Å². The molecule has 2 atom stereocenters. The van der Waals surface area contributed by atoms with Crippen molar-refractivity contribution >= 4 is 21.6 Å². The summed E-state index contributed by atoms with van der Waals surface area (Å²) >= 11 is 1.70. The highest BCUT2D eigenvalue weighted by Gasteiger charge is 2.23. The van der Waals surface area contributed by atoms with Gasteiger partial charge >= 0.3 is 0 Å². The topological polar surface area (TPSA) is 60.7 Å². The quantitative estimate of drug-likeness (QED) is 0.735. The van der Waals surface area contributed by atoms with Gasteiger partial charge in [-0.05, 0) is 37.7 Å². The molecule has 0 N–H and O–H groups in total. The number of rotatable bonds is 3. The number of hydrogen-bond donors (Lipinski definition) is 0. The fourth-order valence-corrected chi connectivity index (χ4v) is 4.84. The molecule has 3 aromatic heterocycles. The van der Waals surface area contributed by atoms with Crippen LogP contribution in [-0.2, 0) is 19.3 Å². The Labute approximate surface area is 144 Å². The molecule has 3 aromatic rings. The molecule has 1 aliphatic rings. The molecule has 0 spiro atoms. The first kappa shape index (κ1) is 15.4. The molecule has 24 heavy (non-hydrogen) atoms. The zero-order valence-corrected chi connectivity index (χ0v) is 14.7. The van der Waals surface area contributed by atoms with Crippen molar-refractivity contribution in [2.45, 2.75) is 45.6 Å². The zero-order valence-electron chi connectivity index (χ0n) is 13.9. The van der Waals surface area contributed by atoms with Crippen LogP contribution in [-0.4, -0.2) is 19.5 Å². The fraction of sp³-hybridized carbons (Fsp3) is 0.444. The molecule has 0 radical (unpaired) electrons. The molecule has 124 valence electrons. The van der Waals surface area contributed by atoms with Gasteiger partial charge in [-0.1, -0.05) is 6.92 Å². The predicted octanol–water partition coefficient (Wildman–Crippen LogP) is 3.18. The Morgan fingerprint density at radius 1 is 1.38 bits per heavy atom. The lowest BCUT2D eigenvalue weighted by Gasteiger charge is -2.18. The largest absolute Gasteiger partial charge is 0.295 e. The summed E-state index contributed by atoms with van der Waals surface area (Å²) in [5.41, 5.74) is 2.22. The summed E-state index contributed by atoms with van der Waals surface area (Å²) in [6.45, 7) is 4.31. The Bertz CT molecular complexity index is 931. The molecular formula is C18H20N4OS. The highest BCUT2D eigenvalue weighted by Crippen LogP contribution is 2.35. The van der Waals surface area contributed by atoms with Gasteiger partial charge in [0, 0.05) is 35.9 Å². The molecule has 0 amide bonds. The summed E-state index contributed by atoms with van der Waals surface area (Å²) in [6, 6.07) is 0.00386. The van der Waals surface area contributed by atoms with E-state index in [1.807, 2.05) is 6.92 Å². The van der Waals surface area contributed by atoms with Gasteiger partial charge in [-0.3, -0.25) is 19.3 Å². The lowest BCUT2D eigenvalue weighted by Crippen LogP contribution is -2.25. The van der Waals surface area contributed by atoms with Crippen LogP contribution in [0.5, 0.6) is 0 Å². The third-order valence-electron chi connectivity index (χ3n) is 4.84. The normalized spacial score (nSPS) is 18.5. The summed E-state index contributed by atoms with van der Waals surface area (Å²) < 4.78 is 1.75. The number of hydrogen-bond acceptors (Lipinski definition) is 5. The number of nitrogens with zero attached hydrogens (tertiary/aromatic N) is 4. The highest BCUT2D eigenvalue weighted by molar-refractivity contribution is 7.18. The highest BCUT2D eigenvalue weighted by atomic mass is 32.1. The minimum absolute atomic E-state index is 0.00386. The van der Waals surface area contributed by atoms with Gasteiger partial charge in [0.25, 0.3) is 5.56 Å². The van der Waals surface area contributed by atoms with Crippen LogP contribution in [0.4, 0.5) is 0 Å². The van der Waals surface area contributed by atoms with E-state index in [1.165, 1.54) is 10.4 Å². The molecule has 0 aliphatic heterocycles. The van der Waals surface area contributed by atoms with Gasteiger partial charge in [-0.15, -0.1) is 11.3 Å². The SMILES string of the molecule is C[C@@H]1CCc2c(sc3ncn([C@@H](C)Cc4cnccn4)c(=O)c23)C1. The Morgan fingerprint density at radius 2 is 2.25 bits per heavy atom. The van der Waals surface area contributed by atoms with Crippen LogP contribution in [0, 0.1) is 5.92 Å². The first-order valence-corrected chi connectivity index (χ1v) is 9.21. The second-order valence-corrected chi connectivity index (χ2v) is 7.82. The van der Waals surface area contributed by atoms with Gasteiger partial charge in [0.2, 0.25) is 0 Å². The van der Waals surface area contributed by atoms with Gasteiger partial charge in [0.15, 0.2) is 0 Å². The van der Waals surface area contributed by atoms with Gasteiger partial charge in [0.1, 0.15) is 4.83 Å². The van der Waals surface area contributed by atoms with Gasteiger partial charge in [-0.25, -0.2) is 4.98 Å². The third-order valence-corrected chi connectivity index (χ3v) is 6.00. The molecule has 0 fully saturated rings. The average molecular weight is 340 g/mol. The average Bonchev–Trinajstić information content (AvgIpc) is 2.94. The van der Waals surface area contributed by atoms with Crippen molar-refractivity contribution < 1.29 is 0 Å². The fourth-order valence-electron chi connectivity index (χ4n) is 3.49. The van der Waals surface area contributed by atoms with Crippen LogP contribution in [0.2, 0.25) is 0 Å². The van der Waals surface area contributed by atoms with Crippen LogP contribution >= 0.6 is 11.3 Å². The lowest BCUT2D eigenvalue weighted by molar-refractivity contribution is 0.506. The predicted molar refractivity (Wildman–Crippen MR) is 95.5 cm³/mol. The number of thiophene rings is 1. The second-order valence-electron chi connectivity index (χ2n) is 6.74. The molecule has 0 saturated heterocycles. The first-order valence-electron chi connectivity index (χ1n) is 8.39. The van der Waals surface area contributed by atoms with E-state index in [9.17, 15) is 4.79 Å². The Balaban J connectivity index is 1.74. The van der Waals surface area contributed by atoms with E-state index in [2.05, 4.69) is 21.9 Å². The van der Waals surface area contributed by atoms with Crippen molar-refractivity contribution in [2.75, 3.05) is 0 Å². The van der Waals surface area contributed by atoms with E-state index in [0.717, 1.165) is 35.2 Å². The Morgan fingerprint density at radius 3 is 3.04 bits per heavy atom.